The van der Waals surface area contributed by atoms with Crippen LogP contribution >= 0.6 is 0 Å². The predicted molar refractivity (Wildman–Crippen MR) is 75.3 cm³/mol. The average Bonchev–Trinajstić information content (AvgIpc) is 2.47. The molecule has 100 valence electrons. The van der Waals surface area contributed by atoms with Gasteiger partial charge in [0.25, 0.3) is 0 Å². The van der Waals surface area contributed by atoms with Crippen LogP contribution in [0.15, 0.2) is 42.6 Å². The molecule has 2 rings (SSSR count). The first-order chi connectivity index (χ1) is 9.33. The fraction of sp³-hybridized carbons (Fsp3) is 0.267. The highest BCUT2D eigenvalue weighted by Crippen LogP contribution is 2.17. The molecule has 0 saturated carbocycles. The maximum atomic E-state index is 5.18. The van der Waals surface area contributed by atoms with E-state index in [1.807, 2.05) is 36.5 Å². The summed E-state index contributed by atoms with van der Waals surface area (Å²) < 4.78 is 10.2. The predicted octanol–water partition coefficient (Wildman–Crippen LogP) is 2.85. The van der Waals surface area contributed by atoms with Gasteiger partial charge in [0.05, 0.1) is 13.7 Å². The van der Waals surface area contributed by atoms with Crippen molar-refractivity contribution >= 4 is 5.69 Å². The fourth-order valence-corrected chi connectivity index (χ4v) is 1.81. The summed E-state index contributed by atoms with van der Waals surface area (Å²) >= 11 is 0. The van der Waals surface area contributed by atoms with Crippen LogP contribution in [0, 0.1) is 0 Å². The summed E-state index contributed by atoms with van der Waals surface area (Å²) in [6, 6.07) is 12.0. The Morgan fingerprint density at radius 2 is 1.95 bits per heavy atom. The van der Waals surface area contributed by atoms with E-state index in [9.17, 15) is 0 Å². The molecule has 0 fully saturated rings. The second-order valence-electron chi connectivity index (χ2n) is 4.15. The van der Waals surface area contributed by atoms with Gasteiger partial charge in [-0.05, 0) is 11.6 Å². The first kappa shape index (κ1) is 13.4. The molecular formula is C15H18N2O2. The number of anilines is 1. The normalized spacial score (nSPS) is 10.2. The number of rotatable bonds is 6. The molecule has 1 heterocycles. The van der Waals surface area contributed by atoms with Crippen molar-refractivity contribution in [1.82, 2.24) is 4.98 Å². The van der Waals surface area contributed by atoms with Gasteiger partial charge in [0.2, 0.25) is 5.88 Å². The maximum absolute atomic E-state index is 5.18. The van der Waals surface area contributed by atoms with Gasteiger partial charge in [0.1, 0.15) is 0 Å². The topological polar surface area (TPSA) is 43.4 Å². The molecule has 0 bridgehead atoms. The monoisotopic (exact) mass is 258 g/mol. The van der Waals surface area contributed by atoms with Crippen LogP contribution < -0.4 is 10.1 Å². The number of benzene rings is 1. The standard InChI is InChI=1S/C15H18N2O2/c1-18-11-13-5-3-4-6-14(13)16-9-12-7-8-15(19-2)17-10-12/h3-8,10,16H,9,11H2,1-2H3. The third-order valence-corrected chi connectivity index (χ3v) is 2.81. The van der Waals surface area contributed by atoms with Gasteiger partial charge in [0.15, 0.2) is 0 Å². The van der Waals surface area contributed by atoms with Crippen molar-refractivity contribution in [1.29, 1.82) is 0 Å². The highest BCUT2D eigenvalue weighted by molar-refractivity contribution is 5.51. The van der Waals surface area contributed by atoms with Crippen molar-refractivity contribution in [2.45, 2.75) is 13.2 Å². The Bertz CT molecular complexity index is 512. The molecule has 19 heavy (non-hydrogen) atoms. The lowest BCUT2D eigenvalue weighted by Crippen LogP contribution is -2.03. The molecule has 0 atom stereocenters. The van der Waals surface area contributed by atoms with E-state index in [1.54, 1.807) is 14.2 Å². The zero-order chi connectivity index (χ0) is 13.5. The van der Waals surface area contributed by atoms with Crippen molar-refractivity contribution in [3.63, 3.8) is 0 Å². The van der Waals surface area contributed by atoms with Crippen LogP contribution in [0.2, 0.25) is 0 Å². The zero-order valence-electron chi connectivity index (χ0n) is 11.2. The van der Waals surface area contributed by atoms with E-state index in [1.165, 1.54) is 0 Å². The molecule has 1 aromatic heterocycles. The minimum atomic E-state index is 0.601. The molecule has 0 spiro atoms. The lowest BCUT2D eigenvalue weighted by Gasteiger charge is -2.11. The van der Waals surface area contributed by atoms with E-state index >= 15 is 0 Å². The summed E-state index contributed by atoms with van der Waals surface area (Å²) in [5.41, 5.74) is 3.33. The molecule has 0 unspecified atom stereocenters. The number of hydrogen-bond acceptors (Lipinski definition) is 4. The van der Waals surface area contributed by atoms with E-state index in [2.05, 4.69) is 16.4 Å². The Morgan fingerprint density at radius 1 is 1.11 bits per heavy atom. The van der Waals surface area contributed by atoms with Crippen LogP contribution in [0.3, 0.4) is 0 Å². The first-order valence-corrected chi connectivity index (χ1v) is 6.13. The lowest BCUT2D eigenvalue weighted by molar-refractivity contribution is 0.185. The quantitative estimate of drug-likeness (QED) is 0.865. The SMILES string of the molecule is COCc1ccccc1NCc1ccc(OC)nc1. The van der Waals surface area contributed by atoms with Gasteiger partial charge in [-0.25, -0.2) is 4.98 Å². The van der Waals surface area contributed by atoms with Gasteiger partial charge in [0, 0.05) is 37.2 Å². The smallest absolute Gasteiger partial charge is 0.212 e. The van der Waals surface area contributed by atoms with Crippen LogP contribution in [-0.2, 0) is 17.9 Å². The average molecular weight is 258 g/mol. The molecule has 0 aliphatic heterocycles. The number of nitrogens with zero attached hydrogens (tertiary/aromatic N) is 1. The number of methoxy groups -OCH3 is 2. The third kappa shape index (κ3) is 3.69. The minimum absolute atomic E-state index is 0.601. The number of para-hydroxylation sites is 1. The van der Waals surface area contributed by atoms with Gasteiger partial charge in [-0.2, -0.15) is 0 Å². The van der Waals surface area contributed by atoms with Crippen LogP contribution in [0.5, 0.6) is 5.88 Å². The van der Waals surface area contributed by atoms with Gasteiger partial charge in [-0.15, -0.1) is 0 Å². The van der Waals surface area contributed by atoms with E-state index < -0.39 is 0 Å². The Labute approximate surface area is 113 Å². The number of hydrogen-bond donors (Lipinski definition) is 1. The van der Waals surface area contributed by atoms with Gasteiger partial charge < -0.3 is 14.8 Å². The molecule has 2 aromatic rings. The Balaban J connectivity index is 2.01. The Morgan fingerprint density at radius 3 is 2.63 bits per heavy atom. The number of ether oxygens (including phenoxy) is 2. The Kier molecular flexibility index (Phi) is 4.75. The highest BCUT2D eigenvalue weighted by Gasteiger charge is 2.01. The molecule has 4 heteroatoms. The second kappa shape index (κ2) is 6.75. The largest absolute Gasteiger partial charge is 0.481 e. The number of aromatic nitrogens is 1. The van der Waals surface area contributed by atoms with Crippen molar-refractivity contribution < 1.29 is 9.47 Å². The van der Waals surface area contributed by atoms with Crippen molar-refractivity contribution in [2.24, 2.45) is 0 Å². The molecule has 1 aromatic carbocycles. The number of pyridine rings is 1. The van der Waals surface area contributed by atoms with Gasteiger partial charge in [-0.3, -0.25) is 0 Å². The lowest BCUT2D eigenvalue weighted by atomic mass is 10.2. The Hall–Kier alpha value is -2.07. The molecule has 0 amide bonds. The summed E-state index contributed by atoms with van der Waals surface area (Å²) in [6.07, 6.45) is 1.81. The summed E-state index contributed by atoms with van der Waals surface area (Å²) in [4.78, 5) is 4.18. The van der Waals surface area contributed by atoms with Crippen LogP contribution in [0.4, 0.5) is 5.69 Å². The molecule has 0 aliphatic rings. The summed E-state index contributed by atoms with van der Waals surface area (Å²) in [5, 5.41) is 3.39. The van der Waals surface area contributed by atoms with E-state index in [0.717, 1.165) is 23.4 Å². The molecule has 0 radical (unpaired) electrons. The van der Waals surface area contributed by atoms with Crippen LogP contribution in [0.1, 0.15) is 11.1 Å². The summed E-state index contributed by atoms with van der Waals surface area (Å²) in [5.74, 6) is 0.628. The van der Waals surface area contributed by atoms with E-state index in [4.69, 9.17) is 9.47 Å². The van der Waals surface area contributed by atoms with Gasteiger partial charge in [-0.1, -0.05) is 24.3 Å². The zero-order valence-corrected chi connectivity index (χ0v) is 11.2. The molecule has 1 N–H and O–H groups in total. The minimum Gasteiger partial charge on any atom is -0.481 e. The van der Waals surface area contributed by atoms with Crippen LogP contribution in [0.25, 0.3) is 0 Å². The van der Waals surface area contributed by atoms with Crippen molar-refractivity contribution in [3.05, 3.63) is 53.7 Å². The summed E-state index contributed by atoms with van der Waals surface area (Å²) in [7, 11) is 3.31. The molecule has 0 saturated heterocycles. The summed E-state index contributed by atoms with van der Waals surface area (Å²) in [6.45, 7) is 1.32. The highest BCUT2D eigenvalue weighted by atomic mass is 16.5. The molecular weight excluding hydrogens is 240 g/mol. The van der Waals surface area contributed by atoms with Crippen molar-refractivity contribution in [3.8, 4) is 5.88 Å². The fourth-order valence-electron chi connectivity index (χ4n) is 1.81. The first-order valence-electron chi connectivity index (χ1n) is 6.13. The van der Waals surface area contributed by atoms with Crippen molar-refractivity contribution in [2.75, 3.05) is 19.5 Å². The third-order valence-electron chi connectivity index (χ3n) is 2.81. The van der Waals surface area contributed by atoms with Gasteiger partial charge >= 0.3 is 0 Å². The van der Waals surface area contributed by atoms with E-state index in [-0.39, 0.29) is 0 Å². The molecule has 0 aliphatic carbocycles. The van der Waals surface area contributed by atoms with E-state index in [0.29, 0.717) is 12.5 Å². The van der Waals surface area contributed by atoms with Crippen LogP contribution in [-0.4, -0.2) is 19.2 Å². The number of nitrogens with one attached hydrogen (secondary N) is 1. The maximum Gasteiger partial charge on any atom is 0.212 e. The molecule has 4 nitrogen and oxygen atoms in total. The second-order valence-corrected chi connectivity index (χ2v) is 4.15.